The van der Waals surface area contributed by atoms with Gasteiger partial charge in [-0.25, -0.2) is 4.68 Å². The van der Waals surface area contributed by atoms with E-state index in [4.69, 9.17) is 31.2 Å². The number of methoxy groups -OCH3 is 1. The van der Waals surface area contributed by atoms with Crippen LogP contribution in [0.25, 0.3) is 5.70 Å². The summed E-state index contributed by atoms with van der Waals surface area (Å²) in [5.41, 5.74) is 4.97. The van der Waals surface area contributed by atoms with Crippen molar-refractivity contribution in [2.24, 2.45) is 0 Å². The van der Waals surface area contributed by atoms with Crippen molar-refractivity contribution in [2.45, 2.75) is 17.3 Å². The quantitative estimate of drug-likeness (QED) is 0.268. The Balaban J connectivity index is 1.62. The fourth-order valence-corrected chi connectivity index (χ4v) is 5.37. The van der Waals surface area contributed by atoms with Gasteiger partial charge in [-0.1, -0.05) is 63.6 Å². The Morgan fingerprint density at radius 1 is 1.06 bits per heavy atom. The molecule has 0 aliphatic carbocycles. The highest BCUT2D eigenvalue weighted by atomic mass is 79.9. The maximum absolute atomic E-state index is 6.66. The first kappa shape index (κ1) is 22.5. The van der Waals surface area contributed by atoms with Crippen LogP contribution in [-0.2, 0) is 0 Å². The number of ether oxygens (including phenoxy) is 2. The summed E-state index contributed by atoms with van der Waals surface area (Å²) < 4.78 is 15.0. The van der Waals surface area contributed by atoms with Crippen molar-refractivity contribution in [3.63, 3.8) is 0 Å². The van der Waals surface area contributed by atoms with Crippen LogP contribution < -0.4 is 14.8 Å². The van der Waals surface area contributed by atoms with Gasteiger partial charge in [0.2, 0.25) is 11.1 Å². The molecular formula is C26H20BrClN4O2S. The fourth-order valence-electron chi connectivity index (χ4n) is 4.59. The van der Waals surface area contributed by atoms with Crippen LogP contribution in [0.1, 0.15) is 28.8 Å². The second kappa shape index (κ2) is 8.93. The van der Waals surface area contributed by atoms with Crippen LogP contribution in [0, 0.1) is 0 Å². The zero-order valence-corrected chi connectivity index (χ0v) is 22.0. The minimum absolute atomic E-state index is 0.249. The number of fused-ring (bicyclic) bond motifs is 3. The molecule has 4 aromatic rings. The average molecular weight is 568 g/mol. The number of halogens is 2. The molecule has 0 radical (unpaired) electrons. The van der Waals surface area contributed by atoms with E-state index in [9.17, 15) is 0 Å². The van der Waals surface area contributed by atoms with Crippen LogP contribution in [0.5, 0.6) is 11.5 Å². The first-order valence-corrected chi connectivity index (χ1v) is 13.3. The van der Waals surface area contributed by atoms with Gasteiger partial charge in [-0.05, 0) is 59.8 Å². The van der Waals surface area contributed by atoms with E-state index in [-0.39, 0.29) is 12.1 Å². The van der Waals surface area contributed by atoms with Crippen molar-refractivity contribution in [2.75, 3.05) is 18.7 Å². The molecule has 2 aliphatic heterocycles. The van der Waals surface area contributed by atoms with E-state index in [1.807, 2.05) is 53.4 Å². The third-order valence-electron chi connectivity index (χ3n) is 6.20. The van der Waals surface area contributed by atoms with Gasteiger partial charge in [-0.3, -0.25) is 0 Å². The standard InChI is InChI=1S/C26H20BrClN4O2S/c1-33-18-10-5-14(6-11-18)23-21-22(29-25-30-26(35-2)31-32(23)25)19-13-17(28)9-12-20(19)34-24(21)15-3-7-16(27)8-4-15/h3-13,23-24H,1-2H3,(H,29,30,31)/t23-,24+/m0/s1. The Labute approximate surface area is 220 Å². The first-order valence-electron chi connectivity index (χ1n) is 10.9. The van der Waals surface area contributed by atoms with E-state index >= 15 is 0 Å². The molecule has 3 heterocycles. The highest BCUT2D eigenvalue weighted by Gasteiger charge is 2.41. The second-order valence-electron chi connectivity index (χ2n) is 8.19. The van der Waals surface area contributed by atoms with Crippen LogP contribution >= 0.6 is 39.3 Å². The highest BCUT2D eigenvalue weighted by molar-refractivity contribution is 9.10. The number of nitrogens with zero attached hydrogens (tertiary/aromatic N) is 3. The molecule has 0 fully saturated rings. The van der Waals surface area contributed by atoms with Gasteiger partial charge in [0.25, 0.3) is 0 Å². The van der Waals surface area contributed by atoms with Gasteiger partial charge < -0.3 is 14.8 Å². The summed E-state index contributed by atoms with van der Waals surface area (Å²) in [7, 11) is 1.67. The Morgan fingerprint density at radius 3 is 2.51 bits per heavy atom. The monoisotopic (exact) mass is 566 g/mol. The first-order chi connectivity index (χ1) is 17.1. The van der Waals surface area contributed by atoms with Gasteiger partial charge in [-0.15, -0.1) is 5.10 Å². The summed E-state index contributed by atoms with van der Waals surface area (Å²) in [4.78, 5) is 4.74. The lowest BCUT2D eigenvalue weighted by molar-refractivity contribution is 0.223. The van der Waals surface area contributed by atoms with E-state index in [0.29, 0.717) is 16.1 Å². The number of aromatic nitrogens is 3. The van der Waals surface area contributed by atoms with Gasteiger partial charge in [0.1, 0.15) is 23.6 Å². The van der Waals surface area contributed by atoms with Gasteiger partial charge in [0.15, 0.2) is 0 Å². The largest absolute Gasteiger partial charge is 0.497 e. The lowest BCUT2D eigenvalue weighted by Gasteiger charge is -2.39. The maximum Gasteiger partial charge on any atom is 0.227 e. The highest BCUT2D eigenvalue weighted by Crippen LogP contribution is 2.51. The van der Waals surface area contributed by atoms with Crippen molar-refractivity contribution < 1.29 is 9.47 Å². The molecule has 176 valence electrons. The lowest BCUT2D eigenvalue weighted by Crippen LogP contribution is -2.32. The molecule has 6 rings (SSSR count). The van der Waals surface area contributed by atoms with Gasteiger partial charge in [0, 0.05) is 20.6 Å². The number of thioether (sulfide) groups is 1. The number of hydrogen-bond acceptors (Lipinski definition) is 6. The predicted molar refractivity (Wildman–Crippen MR) is 142 cm³/mol. The molecule has 9 heteroatoms. The summed E-state index contributed by atoms with van der Waals surface area (Å²) >= 11 is 11.5. The summed E-state index contributed by atoms with van der Waals surface area (Å²) in [6.45, 7) is 0. The van der Waals surface area contributed by atoms with Crippen molar-refractivity contribution in [1.82, 2.24) is 14.8 Å². The molecule has 0 amide bonds. The van der Waals surface area contributed by atoms with Crippen LogP contribution in [0.3, 0.4) is 0 Å². The Morgan fingerprint density at radius 2 is 1.80 bits per heavy atom. The second-order valence-corrected chi connectivity index (χ2v) is 10.3. The van der Waals surface area contributed by atoms with E-state index in [1.165, 1.54) is 11.8 Å². The molecule has 3 aromatic carbocycles. The SMILES string of the molecule is COc1ccc([C@H]2C3=C(Nc4nc(SC)nn42)c2cc(Cl)ccc2O[C@@H]3c2ccc(Br)cc2)cc1. The number of nitrogens with one attached hydrogen (secondary N) is 1. The van der Waals surface area contributed by atoms with E-state index in [2.05, 4.69) is 45.5 Å². The average Bonchev–Trinajstić information content (AvgIpc) is 3.31. The van der Waals surface area contributed by atoms with Crippen LogP contribution in [0.2, 0.25) is 5.02 Å². The molecule has 0 unspecified atom stereocenters. The Bertz CT molecular complexity index is 1450. The molecule has 0 spiro atoms. The number of benzene rings is 3. The Hall–Kier alpha value is -2.94. The molecule has 1 aromatic heterocycles. The maximum atomic E-state index is 6.66. The molecular weight excluding hydrogens is 548 g/mol. The lowest BCUT2D eigenvalue weighted by atomic mass is 9.84. The summed E-state index contributed by atoms with van der Waals surface area (Å²) in [5.74, 6) is 2.23. The molecule has 0 saturated heterocycles. The van der Waals surface area contributed by atoms with Crippen LogP contribution in [0.4, 0.5) is 5.95 Å². The molecule has 2 aliphatic rings. The van der Waals surface area contributed by atoms with Crippen molar-refractivity contribution in [1.29, 1.82) is 0 Å². The third-order valence-corrected chi connectivity index (χ3v) is 7.50. The normalized spacial score (nSPS) is 18.2. The van der Waals surface area contributed by atoms with E-state index in [1.54, 1.807) is 7.11 Å². The molecule has 0 bridgehead atoms. The molecule has 6 nitrogen and oxygen atoms in total. The van der Waals surface area contributed by atoms with Gasteiger partial charge >= 0.3 is 0 Å². The summed E-state index contributed by atoms with van der Waals surface area (Å²) in [6, 6.07) is 21.7. The molecule has 1 N–H and O–H groups in total. The molecule has 0 saturated carbocycles. The minimum Gasteiger partial charge on any atom is -0.497 e. The summed E-state index contributed by atoms with van der Waals surface area (Å²) in [6.07, 6.45) is 1.63. The van der Waals surface area contributed by atoms with Gasteiger partial charge in [-0.2, -0.15) is 4.98 Å². The van der Waals surface area contributed by atoms with Crippen molar-refractivity contribution in [3.8, 4) is 11.5 Å². The van der Waals surface area contributed by atoms with E-state index in [0.717, 1.165) is 43.9 Å². The van der Waals surface area contributed by atoms with Crippen molar-refractivity contribution >= 4 is 50.9 Å². The Kier molecular flexibility index (Phi) is 5.75. The summed E-state index contributed by atoms with van der Waals surface area (Å²) in [5, 5.41) is 9.71. The van der Waals surface area contributed by atoms with Crippen LogP contribution in [-0.4, -0.2) is 28.1 Å². The molecule has 35 heavy (non-hydrogen) atoms. The topological polar surface area (TPSA) is 61.2 Å². The fraction of sp³-hybridized carbons (Fsp3) is 0.154. The number of anilines is 1. The predicted octanol–water partition coefficient (Wildman–Crippen LogP) is 6.98. The zero-order chi connectivity index (χ0) is 24.1. The number of rotatable bonds is 4. The van der Waals surface area contributed by atoms with Gasteiger partial charge in [0.05, 0.1) is 12.8 Å². The third kappa shape index (κ3) is 3.90. The van der Waals surface area contributed by atoms with E-state index < -0.39 is 0 Å². The number of hydrogen-bond donors (Lipinski definition) is 1. The smallest absolute Gasteiger partial charge is 0.227 e. The van der Waals surface area contributed by atoms with Crippen LogP contribution in [0.15, 0.2) is 81.9 Å². The zero-order valence-electron chi connectivity index (χ0n) is 18.8. The minimum atomic E-state index is -0.346. The molecule has 2 atom stereocenters. The van der Waals surface area contributed by atoms with Crippen molar-refractivity contribution in [3.05, 3.63) is 98.5 Å².